The van der Waals surface area contributed by atoms with Crippen molar-refractivity contribution in [2.24, 2.45) is 4.99 Å². The second kappa shape index (κ2) is 4.03. The Balaban J connectivity index is 2.31. The van der Waals surface area contributed by atoms with E-state index in [1.165, 1.54) is 6.33 Å². The second-order valence-corrected chi connectivity index (χ2v) is 4.01. The third kappa shape index (κ3) is 1.66. The van der Waals surface area contributed by atoms with Crippen molar-refractivity contribution in [1.29, 1.82) is 0 Å². The molecule has 2 aliphatic rings. The molecule has 0 saturated heterocycles. The van der Waals surface area contributed by atoms with Crippen LogP contribution in [-0.2, 0) is 4.79 Å². The van der Waals surface area contributed by atoms with Gasteiger partial charge in [-0.25, -0.2) is 14.8 Å². The minimum atomic E-state index is -0.904. The number of hydrogen-bond acceptors (Lipinski definition) is 4. The number of aromatic nitrogens is 2. The molecule has 0 aromatic carbocycles. The zero-order valence-corrected chi connectivity index (χ0v) is 9.37. The summed E-state index contributed by atoms with van der Waals surface area (Å²) in [5.74, 6) is -0.904. The van der Waals surface area contributed by atoms with Crippen LogP contribution in [-0.4, -0.2) is 27.3 Å². The molecule has 0 radical (unpaired) electrons. The van der Waals surface area contributed by atoms with Crippen LogP contribution >= 0.6 is 0 Å². The van der Waals surface area contributed by atoms with Gasteiger partial charge in [0, 0.05) is 35.8 Å². The molecule has 0 spiro atoms. The number of aliphatic carboxylic acids is 1. The molecule has 3 rings (SSSR count). The Morgan fingerprint density at radius 2 is 2.22 bits per heavy atom. The van der Waals surface area contributed by atoms with Gasteiger partial charge in [0.2, 0.25) is 0 Å². The van der Waals surface area contributed by atoms with Crippen molar-refractivity contribution >= 4 is 24.0 Å². The monoisotopic (exact) mass is 239 g/mol. The van der Waals surface area contributed by atoms with E-state index in [1.54, 1.807) is 30.8 Å². The average Bonchev–Trinajstić information content (AvgIpc) is 2.57. The Kier molecular flexibility index (Phi) is 2.37. The number of nitrogens with zero attached hydrogens (tertiary/aromatic N) is 3. The summed E-state index contributed by atoms with van der Waals surface area (Å²) in [4.78, 5) is 23.4. The standard InChI is InChI=1S/C13H9N3O2/c17-13(18)8-1-2-9-4-14-5-10-6-15-7-16-12(10)11(9)3-8/h1-2,4-7H,3H2,(H,17,18). The van der Waals surface area contributed by atoms with Gasteiger partial charge in [-0.1, -0.05) is 12.2 Å². The van der Waals surface area contributed by atoms with Crippen molar-refractivity contribution in [3.63, 3.8) is 0 Å². The van der Waals surface area contributed by atoms with E-state index in [4.69, 9.17) is 5.11 Å². The van der Waals surface area contributed by atoms with Gasteiger partial charge in [0.1, 0.15) is 6.33 Å². The summed E-state index contributed by atoms with van der Waals surface area (Å²) < 4.78 is 0. The van der Waals surface area contributed by atoms with Crippen LogP contribution in [0.1, 0.15) is 6.42 Å². The average molecular weight is 239 g/mol. The van der Waals surface area contributed by atoms with Crippen LogP contribution in [0.25, 0.3) is 11.8 Å². The van der Waals surface area contributed by atoms with E-state index in [0.29, 0.717) is 12.0 Å². The number of carboxylic acids is 1. The molecule has 5 nitrogen and oxygen atoms in total. The summed E-state index contributed by atoms with van der Waals surface area (Å²) in [6.07, 6.45) is 10.3. The van der Waals surface area contributed by atoms with Crippen molar-refractivity contribution in [2.45, 2.75) is 6.42 Å². The summed E-state index contributed by atoms with van der Waals surface area (Å²) >= 11 is 0. The maximum absolute atomic E-state index is 11.0. The molecule has 1 aromatic rings. The van der Waals surface area contributed by atoms with Gasteiger partial charge in [-0.3, -0.25) is 4.99 Å². The summed E-state index contributed by atoms with van der Waals surface area (Å²) in [6, 6.07) is 0. The molecule has 1 aliphatic heterocycles. The van der Waals surface area contributed by atoms with Gasteiger partial charge in [-0.2, -0.15) is 0 Å². The first-order chi connectivity index (χ1) is 8.75. The number of aliphatic imine (C=N–C) groups is 1. The zero-order valence-electron chi connectivity index (χ0n) is 9.37. The lowest BCUT2D eigenvalue weighted by molar-refractivity contribution is -0.132. The van der Waals surface area contributed by atoms with E-state index >= 15 is 0 Å². The summed E-state index contributed by atoms with van der Waals surface area (Å²) in [6.45, 7) is 0. The second-order valence-electron chi connectivity index (χ2n) is 4.01. The van der Waals surface area contributed by atoms with Crippen LogP contribution in [0.15, 0.2) is 40.8 Å². The van der Waals surface area contributed by atoms with E-state index in [-0.39, 0.29) is 0 Å². The molecule has 1 N–H and O–H groups in total. The van der Waals surface area contributed by atoms with Crippen LogP contribution in [0, 0.1) is 0 Å². The molecule has 1 aliphatic carbocycles. The molecule has 5 heteroatoms. The minimum absolute atomic E-state index is 0.352. The Morgan fingerprint density at radius 3 is 3.06 bits per heavy atom. The number of fused-ring (bicyclic) bond motifs is 2. The molecule has 0 unspecified atom stereocenters. The highest BCUT2D eigenvalue weighted by Crippen LogP contribution is 2.23. The Bertz CT molecular complexity index is 742. The quantitative estimate of drug-likeness (QED) is 0.735. The highest BCUT2D eigenvalue weighted by atomic mass is 16.4. The molecule has 0 saturated carbocycles. The van der Waals surface area contributed by atoms with Crippen molar-refractivity contribution in [1.82, 2.24) is 9.97 Å². The van der Waals surface area contributed by atoms with Crippen molar-refractivity contribution in [2.75, 3.05) is 0 Å². The highest BCUT2D eigenvalue weighted by molar-refractivity contribution is 6.02. The van der Waals surface area contributed by atoms with Crippen LogP contribution in [0.3, 0.4) is 0 Å². The molecule has 18 heavy (non-hydrogen) atoms. The predicted molar refractivity (Wildman–Crippen MR) is 66.1 cm³/mol. The number of allylic oxidation sites excluding steroid dienone is 3. The largest absolute Gasteiger partial charge is 0.478 e. The molecular formula is C13H9N3O2. The number of carbonyl (C=O) groups is 1. The van der Waals surface area contributed by atoms with E-state index in [9.17, 15) is 4.79 Å². The number of rotatable bonds is 1. The Labute approximate surface area is 102 Å². The van der Waals surface area contributed by atoms with Gasteiger partial charge in [0.15, 0.2) is 0 Å². The summed E-state index contributed by atoms with van der Waals surface area (Å²) in [5, 5.41) is 10.6. The number of hydrogen-bond donors (Lipinski definition) is 1. The fraction of sp³-hybridized carbons (Fsp3) is 0.0769. The lowest BCUT2D eigenvalue weighted by atomic mass is 9.93. The highest BCUT2D eigenvalue weighted by Gasteiger charge is 2.18. The molecule has 0 amide bonds. The summed E-state index contributed by atoms with van der Waals surface area (Å²) in [5.41, 5.74) is 2.13. The molecular weight excluding hydrogens is 230 g/mol. The molecule has 0 fully saturated rings. The maximum Gasteiger partial charge on any atom is 0.331 e. The lowest BCUT2D eigenvalue weighted by Crippen LogP contribution is -2.31. The van der Waals surface area contributed by atoms with Gasteiger partial charge in [-0.05, 0) is 11.1 Å². The van der Waals surface area contributed by atoms with Gasteiger partial charge in [0.25, 0.3) is 0 Å². The van der Waals surface area contributed by atoms with Gasteiger partial charge in [-0.15, -0.1) is 0 Å². The molecule has 2 heterocycles. The predicted octanol–water partition coefficient (Wildman–Crippen LogP) is -0.209. The third-order valence-corrected chi connectivity index (χ3v) is 2.91. The van der Waals surface area contributed by atoms with Crippen LogP contribution in [0.5, 0.6) is 0 Å². The Morgan fingerprint density at radius 1 is 1.33 bits per heavy atom. The van der Waals surface area contributed by atoms with E-state index in [2.05, 4.69) is 15.0 Å². The fourth-order valence-corrected chi connectivity index (χ4v) is 2.02. The Hall–Kier alpha value is -2.56. The van der Waals surface area contributed by atoms with E-state index < -0.39 is 5.97 Å². The topological polar surface area (TPSA) is 75.4 Å². The zero-order chi connectivity index (χ0) is 12.5. The van der Waals surface area contributed by atoms with E-state index in [1.807, 2.05) is 0 Å². The fourth-order valence-electron chi connectivity index (χ4n) is 2.02. The van der Waals surface area contributed by atoms with Gasteiger partial charge in [0.05, 0.1) is 5.35 Å². The lowest BCUT2D eigenvalue weighted by Gasteiger charge is -2.12. The van der Waals surface area contributed by atoms with Crippen molar-refractivity contribution in [3.05, 3.63) is 46.4 Å². The van der Waals surface area contributed by atoms with Crippen molar-refractivity contribution in [3.8, 4) is 0 Å². The van der Waals surface area contributed by atoms with Crippen molar-refractivity contribution < 1.29 is 9.90 Å². The summed E-state index contributed by atoms with van der Waals surface area (Å²) in [7, 11) is 0. The first-order valence-corrected chi connectivity index (χ1v) is 5.43. The number of carboxylic acid groups (broad SMARTS) is 1. The van der Waals surface area contributed by atoms with Gasteiger partial charge >= 0.3 is 5.97 Å². The first kappa shape index (κ1) is 10.6. The molecule has 1 aromatic heterocycles. The molecule has 0 bridgehead atoms. The van der Waals surface area contributed by atoms with E-state index in [0.717, 1.165) is 21.7 Å². The maximum atomic E-state index is 11.0. The third-order valence-electron chi connectivity index (χ3n) is 2.91. The van der Waals surface area contributed by atoms with Gasteiger partial charge < -0.3 is 5.11 Å². The van der Waals surface area contributed by atoms with Crippen LogP contribution in [0.2, 0.25) is 0 Å². The molecule has 0 atom stereocenters. The smallest absolute Gasteiger partial charge is 0.331 e. The minimum Gasteiger partial charge on any atom is -0.478 e. The first-order valence-electron chi connectivity index (χ1n) is 5.43. The van der Waals surface area contributed by atoms with Crippen LogP contribution < -0.4 is 10.6 Å². The van der Waals surface area contributed by atoms with Crippen LogP contribution in [0.4, 0.5) is 0 Å². The SMILES string of the molecule is O=C(O)C1=CC=C2C=NC=c3cncnc3=C2C1. The molecule has 88 valence electrons. The normalized spacial score (nSPS) is 16.8.